The Balaban J connectivity index is 2.89. The number of hydrogen-bond donors (Lipinski definition) is 0. The summed E-state index contributed by atoms with van der Waals surface area (Å²) >= 11 is 0. The topological polar surface area (TPSA) is 51.2 Å². The minimum absolute atomic E-state index is 0.00862. The van der Waals surface area contributed by atoms with Gasteiger partial charge in [0.2, 0.25) is 0 Å². The highest BCUT2D eigenvalue weighted by Gasteiger charge is 2.24. The van der Waals surface area contributed by atoms with Crippen LogP contribution in [0.5, 0.6) is 0 Å². The van der Waals surface area contributed by atoms with Gasteiger partial charge in [-0.1, -0.05) is 38.5 Å². The second kappa shape index (κ2) is 5.65. The molecule has 100 valence electrons. The SMILES string of the molecule is Cc1ccc(S(=O)(=O)CC(C)C(=O)C(C)C)cc1. The Bertz CT molecular complexity index is 512. The van der Waals surface area contributed by atoms with Crippen LogP contribution < -0.4 is 0 Å². The third kappa shape index (κ3) is 3.67. The van der Waals surface area contributed by atoms with E-state index in [4.69, 9.17) is 0 Å². The van der Waals surface area contributed by atoms with Gasteiger partial charge in [0.25, 0.3) is 0 Å². The maximum absolute atomic E-state index is 12.1. The maximum atomic E-state index is 12.1. The molecule has 1 unspecified atom stereocenters. The lowest BCUT2D eigenvalue weighted by atomic mass is 9.99. The lowest BCUT2D eigenvalue weighted by Crippen LogP contribution is -2.25. The van der Waals surface area contributed by atoms with E-state index in [1.807, 2.05) is 6.92 Å². The molecule has 0 amide bonds. The Kier molecular flexibility index (Phi) is 4.68. The van der Waals surface area contributed by atoms with E-state index in [0.717, 1.165) is 5.56 Å². The Morgan fingerprint density at radius 1 is 1.11 bits per heavy atom. The minimum Gasteiger partial charge on any atom is -0.299 e. The fourth-order valence-corrected chi connectivity index (χ4v) is 3.39. The first-order valence-corrected chi connectivity index (χ1v) is 7.72. The summed E-state index contributed by atoms with van der Waals surface area (Å²) in [6.07, 6.45) is 0. The van der Waals surface area contributed by atoms with E-state index in [-0.39, 0.29) is 22.3 Å². The summed E-state index contributed by atoms with van der Waals surface area (Å²) in [4.78, 5) is 12.0. The smallest absolute Gasteiger partial charge is 0.179 e. The molecule has 0 aromatic heterocycles. The van der Waals surface area contributed by atoms with Gasteiger partial charge in [-0.25, -0.2) is 8.42 Å². The molecule has 0 saturated heterocycles. The molecule has 3 nitrogen and oxygen atoms in total. The van der Waals surface area contributed by atoms with Gasteiger partial charge in [-0.2, -0.15) is 0 Å². The third-order valence-corrected chi connectivity index (χ3v) is 4.83. The average molecular weight is 268 g/mol. The van der Waals surface area contributed by atoms with E-state index in [1.54, 1.807) is 45.0 Å². The van der Waals surface area contributed by atoms with Crippen molar-refractivity contribution in [3.8, 4) is 0 Å². The van der Waals surface area contributed by atoms with Gasteiger partial charge >= 0.3 is 0 Å². The Labute approximate surface area is 109 Å². The second-order valence-electron chi connectivity index (χ2n) is 5.05. The number of ketones is 1. The van der Waals surface area contributed by atoms with Crippen LogP contribution in [0.2, 0.25) is 0 Å². The van der Waals surface area contributed by atoms with Crippen LogP contribution in [0.25, 0.3) is 0 Å². The number of Topliss-reactive ketones (excluding diaryl/α,β-unsaturated/α-hetero) is 1. The molecule has 18 heavy (non-hydrogen) atoms. The van der Waals surface area contributed by atoms with Crippen LogP contribution in [0, 0.1) is 18.8 Å². The molecule has 1 atom stereocenters. The van der Waals surface area contributed by atoms with Gasteiger partial charge in [-0.3, -0.25) is 4.79 Å². The van der Waals surface area contributed by atoms with Crippen LogP contribution in [0.1, 0.15) is 26.3 Å². The zero-order valence-electron chi connectivity index (χ0n) is 11.3. The van der Waals surface area contributed by atoms with Gasteiger partial charge in [-0.15, -0.1) is 0 Å². The molecule has 0 radical (unpaired) electrons. The first-order valence-electron chi connectivity index (χ1n) is 6.07. The highest BCUT2D eigenvalue weighted by Crippen LogP contribution is 2.17. The maximum Gasteiger partial charge on any atom is 0.179 e. The van der Waals surface area contributed by atoms with Crippen molar-refractivity contribution in [3.05, 3.63) is 29.8 Å². The number of sulfone groups is 1. The van der Waals surface area contributed by atoms with Gasteiger partial charge in [0.05, 0.1) is 10.6 Å². The lowest BCUT2D eigenvalue weighted by Gasteiger charge is -2.13. The molecular weight excluding hydrogens is 248 g/mol. The highest BCUT2D eigenvalue weighted by atomic mass is 32.2. The summed E-state index contributed by atoms with van der Waals surface area (Å²) in [7, 11) is -3.38. The van der Waals surface area contributed by atoms with Crippen LogP contribution in [0.4, 0.5) is 0 Å². The minimum atomic E-state index is -3.38. The quantitative estimate of drug-likeness (QED) is 0.825. The van der Waals surface area contributed by atoms with E-state index in [0.29, 0.717) is 0 Å². The van der Waals surface area contributed by atoms with Crippen molar-refractivity contribution in [2.75, 3.05) is 5.75 Å². The van der Waals surface area contributed by atoms with Crippen LogP contribution in [-0.4, -0.2) is 20.0 Å². The average Bonchev–Trinajstić information content (AvgIpc) is 2.27. The summed E-state index contributed by atoms with van der Waals surface area (Å²) in [6.45, 7) is 7.16. The van der Waals surface area contributed by atoms with E-state index < -0.39 is 15.8 Å². The summed E-state index contributed by atoms with van der Waals surface area (Å²) in [5.74, 6) is -0.720. The van der Waals surface area contributed by atoms with E-state index in [1.165, 1.54) is 0 Å². The zero-order chi connectivity index (χ0) is 13.9. The summed E-state index contributed by atoms with van der Waals surface area (Å²) in [5, 5.41) is 0. The normalized spacial score (nSPS) is 13.6. The standard InChI is InChI=1S/C14H20O3S/c1-10(2)14(15)12(4)9-18(16,17)13-7-5-11(3)6-8-13/h5-8,10,12H,9H2,1-4H3. The predicted molar refractivity (Wildman–Crippen MR) is 72.2 cm³/mol. The zero-order valence-corrected chi connectivity index (χ0v) is 12.1. The van der Waals surface area contributed by atoms with Crippen molar-refractivity contribution in [1.82, 2.24) is 0 Å². The van der Waals surface area contributed by atoms with Crippen molar-refractivity contribution in [2.24, 2.45) is 11.8 Å². The molecule has 1 aromatic rings. The molecule has 1 rings (SSSR count). The fourth-order valence-electron chi connectivity index (χ4n) is 1.82. The predicted octanol–water partition coefficient (Wildman–Crippen LogP) is 2.63. The first-order chi connectivity index (χ1) is 8.24. The van der Waals surface area contributed by atoms with Gasteiger partial charge in [0.1, 0.15) is 5.78 Å². The summed E-state index contributed by atoms with van der Waals surface area (Å²) < 4.78 is 24.3. The van der Waals surface area contributed by atoms with Crippen molar-refractivity contribution in [1.29, 1.82) is 0 Å². The molecule has 0 aliphatic carbocycles. The Morgan fingerprint density at radius 2 is 1.61 bits per heavy atom. The van der Waals surface area contributed by atoms with Crippen LogP contribution in [-0.2, 0) is 14.6 Å². The van der Waals surface area contributed by atoms with Crippen LogP contribution in [0.15, 0.2) is 29.2 Å². The second-order valence-corrected chi connectivity index (χ2v) is 7.09. The number of hydrogen-bond acceptors (Lipinski definition) is 3. The molecule has 0 heterocycles. The number of aryl methyl sites for hydroxylation is 1. The molecular formula is C14H20O3S. The number of carbonyl (C=O) groups is 1. The van der Waals surface area contributed by atoms with E-state index in [9.17, 15) is 13.2 Å². The molecule has 0 aliphatic heterocycles. The van der Waals surface area contributed by atoms with Crippen molar-refractivity contribution in [2.45, 2.75) is 32.6 Å². The molecule has 0 fully saturated rings. The fraction of sp³-hybridized carbons (Fsp3) is 0.500. The van der Waals surface area contributed by atoms with Crippen molar-refractivity contribution >= 4 is 15.6 Å². The highest BCUT2D eigenvalue weighted by molar-refractivity contribution is 7.91. The molecule has 4 heteroatoms. The van der Waals surface area contributed by atoms with Crippen LogP contribution in [0.3, 0.4) is 0 Å². The molecule has 0 N–H and O–H groups in total. The van der Waals surface area contributed by atoms with Gasteiger partial charge in [0.15, 0.2) is 9.84 Å². The largest absolute Gasteiger partial charge is 0.299 e. The van der Waals surface area contributed by atoms with Crippen LogP contribution >= 0.6 is 0 Å². The Morgan fingerprint density at radius 3 is 2.06 bits per heavy atom. The van der Waals surface area contributed by atoms with E-state index in [2.05, 4.69) is 0 Å². The third-order valence-electron chi connectivity index (χ3n) is 2.90. The van der Waals surface area contributed by atoms with E-state index >= 15 is 0 Å². The molecule has 0 bridgehead atoms. The molecule has 1 aromatic carbocycles. The molecule has 0 saturated carbocycles. The van der Waals surface area contributed by atoms with Crippen molar-refractivity contribution < 1.29 is 13.2 Å². The monoisotopic (exact) mass is 268 g/mol. The molecule has 0 aliphatic rings. The van der Waals surface area contributed by atoms with Gasteiger partial charge in [0, 0.05) is 11.8 Å². The number of rotatable bonds is 5. The lowest BCUT2D eigenvalue weighted by molar-refractivity contribution is -0.124. The molecule has 0 spiro atoms. The summed E-state index contributed by atoms with van der Waals surface area (Å²) in [6, 6.07) is 6.72. The first kappa shape index (κ1) is 14.9. The number of benzene rings is 1. The van der Waals surface area contributed by atoms with Gasteiger partial charge in [-0.05, 0) is 19.1 Å². The summed E-state index contributed by atoms with van der Waals surface area (Å²) in [5.41, 5.74) is 1.01. The number of carbonyl (C=O) groups excluding carboxylic acids is 1. The van der Waals surface area contributed by atoms with Crippen molar-refractivity contribution in [3.63, 3.8) is 0 Å². The Hall–Kier alpha value is -1.16. The van der Waals surface area contributed by atoms with Gasteiger partial charge < -0.3 is 0 Å².